The summed E-state index contributed by atoms with van der Waals surface area (Å²) in [5, 5.41) is 11.8. The molecule has 2 N–H and O–H groups in total. The molecule has 1 aliphatic rings. The lowest BCUT2D eigenvalue weighted by Gasteiger charge is -2.15. The lowest BCUT2D eigenvalue weighted by molar-refractivity contribution is 0.0689. The van der Waals surface area contributed by atoms with Crippen LogP contribution in [0.4, 0.5) is 0 Å². The van der Waals surface area contributed by atoms with Gasteiger partial charge in [-0.3, -0.25) is 9.78 Å². The second-order valence-corrected chi connectivity index (χ2v) is 5.13. The Bertz CT molecular complexity index is 512. The maximum absolute atomic E-state index is 12.1. The summed E-state index contributed by atoms with van der Waals surface area (Å²) in [6, 6.07) is 2.88. The summed E-state index contributed by atoms with van der Waals surface area (Å²) in [7, 11) is 1.65. The number of nitrogens with zero attached hydrogens (tertiary/aromatic N) is 1. The highest BCUT2D eigenvalue weighted by atomic mass is 16.5. The lowest BCUT2D eigenvalue weighted by Crippen LogP contribution is -2.32. The molecule has 0 bridgehead atoms. The molecule has 20 heavy (non-hydrogen) atoms. The van der Waals surface area contributed by atoms with Gasteiger partial charge in [0.05, 0.1) is 5.56 Å². The molecular formula is C14H18N2O4. The van der Waals surface area contributed by atoms with Crippen LogP contribution in [0.1, 0.15) is 40.1 Å². The van der Waals surface area contributed by atoms with Crippen molar-refractivity contribution in [2.24, 2.45) is 5.41 Å². The third-order valence-corrected chi connectivity index (χ3v) is 3.67. The van der Waals surface area contributed by atoms with Crippen molar-refractivity contribution in [3.8, 4) is 0 Å². The number of amides is 1. The van der Waals surface area contributed by atoms with Crippen molar-refractivity contribution in [3.05, 3.63) is 29.6 Å². The Hall–Kier alpha value is -1.95. The molecule has 0 spiro atoms. The average molecular weight is 278 g/mol. The summed E-state index contributed by atoms with van der Waals surface area (Å²) in [6.45, 7) is 1.20. The molecular weight excluding hydrogens is 260 g/mol. The maximum Gasteiger partial charge on any atom is 0.338 e. The van der Waals surface area contributed by atoms with E-state index in [2.05, 4.69) is 10.3 Å². The summed E-state index contributed by atoms with van der Waals surface area (Å²) >= 11 is 0. The number of rotatable bonds is 7. The molecule has 1 aliphatic carbocycles. The number of aromatic carboxylic acids is 1. The summed E-state index contributed by atoms with van der Waals surface area (Å²) in [6.07, 6.45) is 4.44. The van der Waals surface area contributed by atoms with Crippen LogP contribution in [0.3, 0.4) is 0 Å². The molecule has 1 amide bonds. The zero-order chi connectivity index (χ0) is 14.6. The van der Waals surface area contributed by atoms with Crippen molar-refractivity contribution in [1.29, 1.82) is 0 Å². The molecule has 0 saturated heterocycles. The molecule has 0 aromatic carbocycles. The van der Waals surface area contributed by atoms with Gasteiger partial charge in [0, 0.05) is 26.5 Å². The highest BCUT2D eigenvalue weighted by Gasteiger charge is 2.42. The Morgan fingerprint density at radius 2 is 2.25 bits per heavy atom. The zero-order valence-corrected chi connectivity index (χ0v) is 11.4. The number of methoxy groups -OCH3 is 1. The zero-order valence-electron chi connectivity index (χ0n) is 11.4. The Morgan fingerprint density at radius 1 is 1.50 bits per heavy atom. The molecule has 0 aliphatic heterocycles. The molecule has 1 heterocycles. The fourth-order valence-electron chi connectivity index (χ4n) is 2.12. The minimum Gasteiger partial charge on any atom is -0.478 e. The van der Waals surface area contributed by atoms with E-state index in [-0.39, 0.29) is 16.7 Å². The Kier molecular flexibility index (Phi) is 4.34. The fourth-order valence-corrected chi connectivity index (χ4v) is 2.12. The van der Waals surface area contributed by atoms with E-state index in [0.29, 0.717) is 13.2 Å². The number of aromatic nitrogens is 1. The van der Waals surface area contributed by atoms with Crippen LogP contribution < -0.4 is 5.32 Å². The minimum absolute atomic E-state index is 0.0393. The monoisotopic (exact) mass is 278 g/mol. The van der Waals surface area contributed by atoms with E-state index in [0.717, 1.165) is 19.3 Å². The van der Waals surface area contributed by atoms with Gasteiger partial charge in [-0.1, -0.05) is 0 Å². The molecule has 1 aromatic rings. The number of pyridine rings is 1. The van der Waals surface area contributed by atoms with Crippen LogP contribution in [0, 0.1) is 5.41 Å². The summed E-state index contributed by atoms with van der Waals surface area (Å²) in [5.41, 5.74) is -0.00149. The standard InChI is InChI=1S/C14H18N2O4/c1-20-8-6-14(4-5-14)9-16-12(17)11-10(13(18)19)3-2-7-15-11/h2-3,7H,4-6,8-9H2,1H3,(H,16,17)(H,18,19). The smallest absolute Gasteiger partial charge is 0.338 e. The van der Waals surface area contributed by atoms with Crippen molar-refractivity contribution in [1.82, 2.24) is 10.3 Å². The molecule has 1 aromatic heterocycles. The fraction of sp³-hybridized carbons (Fsp3) is 0.500. The van der Waals surface area contributed by atoms with Gasteiger partial charge in [-0.05, 0) is 36.8 Å². The first kappa shape index (κ1) is 14.5. The molecule has 0 radical (unpaired) electrons. The molecule has 108 valence electrons. The van der Waals surface area contributed by atoms with Gasteiger partial charge in [0.1, 0.15) is 5.69 Å². The second kappa shape index (κ2) is 6.00. The number of nitrogens with one attached hydrogen (secondary N) is 1. The van der Waals surface area contributed by atoms with Gasteiger partial charge in [0.25, 0.3) is 5.91 Å². The highest BCUT2D eigenvalue weighted by Crippen LogP contribution is 2.48. The van der Waals surface area contributed by atoms with Crippen LogP contribution in [-0.4, -0.2) is 42.2 Å². The molecule has 1 fully saturated rings. The van der Waals surface area contributed by atoms with Crippen molar-refractivity contribution >= 4 is 11.9 Å². The number of hydrogen-bond acceptors (Lipinski definition) is 4. The third kappa shape index (κ3) is 3.33. The van der Waals surface area contributed by atoms with E-state index in [9.17, 15) is 9.59 Å². The van der Waals surface area contributed by atoms with Crippen LogP contribution >= 0.6 is 0 Å². The first-order valence-electron chi connectivity index (χ1n) is 6.53. The Labute approximate surface area is 117 Å². The lowest BCUT2D eigenvalue weighted by atomic mass is 10.0. The summed E-state index contributed by atoms with van der Waals surface area (Å²) < 4.78 is 5.06. The normalized spacial score (nSPS) is 15.7. The third-order valence-electron chi connectivity index (χ3n) is 3.67. The molecule has 0 atom stereocenters. The number of carboxylic acids is 1. The molecule has 0 unspecified atom stereocenters. The van der Waals surface area contributed by atoms with Gasteiger partial charge < -0.3 is 15.2 Å². The number of hydrogen-bond donors (Lipinski definition) is 2. The molecule has 1 saturated carbocycles. The Balaban J connectivity index is 1.97. The van der Waals surface area contributed by atoms with Crippen LogP contribution in [0.2, 0.25) is 0 Å². The average Bonchev–Trinajstić information content (AvgIpc) is 3.23. The first-order chi connectivity index (χ1) is 9.58. The van der Waals surface area contributed by atoms with Crippen LogP contribution in [0.15, 0.2) is 18.3 Å². The quantitative estimate of drug-likeness (QED) is 0.785. The highest BCUT2D eigenvalue weighted by molar-refractivity contribution is 6.03. The predicted molar refractivity (Wildman–Crippen MR) is 71.7 cm³/mol. The van der Waals surface area contributed by atoms with Gasteiger partial charge in [-0.2, -0.15) is 0 Å². The van der Waals surface area contributed by atoms with Gasteiger partial charge in [0.2, 0.25) is 0 Å². The summed E-state index contributed by atoms with van der Waals surface area (Å²) in [5.74, 6) is -1.59. The predicted octanol–water partition coefficient (Wildman–Crippen LogP) is 1.33. The Morgan fingerprint density at radius 3 is 2.85 bits per heavy atom. The number of ether oxygens (including phenoxy) is 1. The van der Waals surface area contributed by atoms with E-state index in [1.165, 1.54) is 18.3 Å². The van der Waals surface area contributed by atoms with Crippen molar-refractivity contribution in [2.75, 3.05) is 20.3 Å². The minimum atomic E-state index is -1.15. The van der Waals surface area contributed by atoms with E-state index in [1.807, 2.05) is 0 Å². The van der Waals surface area contributed by atoms with Crippen molar-refractivity contribution < 1.29 is 19.4 Å². The van der Waals surface area contributed by atoms with Crippen LogP contribution in [-0.2, 0) is 4.74 Å². The maximum atomic E-state index is 12.1. The van der Waals surface area contributed by atoms with Gasteiger partial charge in [0.15, 0.2) is 0 Å². The SMILES string of the molecule is COCCC1(CNC(=O)c2ncccc2C(=O)O)CC1. The first-order valence-corrected chi connectivity index (χ1v) is 6.53. The topological polar surface area (TPSA) is 88.5 Å². The van der Waals surface area contributed by atoms with E-state index >= 15 is 0 Å². The molecule has 6 nitrogen and oxygen atoms in total. The van der Waals surface area contributed by atoms with Gasteiger partial charge in [-0.25, -0.2) is 4.79 Å². The van der Waals surface area contributed by atoms with Gasteiger partial charge in [-0.15, -0.1) is 0 Å². The van der Waals surface area contributed by atoms with Crippen LogP contribution in [0.25, 0.3) is 0 Å². The van der Waals surface area contributed by atoms with E-state index in [4.69, 9.17) is 9.84 Å². The number of carbonyl (C=O) groups excluding carboxylic acids is 1. The van der Waals surface area contributed by atoms with E-state index < -0.39 is 11.9 Å². The molecule has 6 heteroatoms. The van der Waals surface area contributed by atoms with Gasteiger partial charge >= 0.3 is 5.97 Å². The number of carboxylic acid groups (broad SMARTS) is 1. The second-order valence-electron chi connectivity index (χ2n) is 5.13. The van der Waals surface area contributed by atoms with Crippen molar-refractivity contribution in [3.63, 3.8) is 0 Å². The number of carbonyl (C=O) groups is 2. The summed E-state index contributed by atoms with van der Waals surface area (Å²) in [4.78, 5) is 27.0. The van der Waals surface area contributed by atoms with E-state index in [1.54, 1.807) is 7.11 Å². The largest absolute Gasteiger partial charge is 0.478 e. The van der Waals surface area contributed by atoms with Crippen LogP contribution in [0.5, 0.6) is 0 Å². The van der Waals surface area contributed by atoms with Crippen molar-refractivity contribution in [2.45, 2.75) is 19.3 Å². The molecule has 2 rings (SSSR count).